The normalized spacial score (nSPS) is 12.0. The van der Waals surface area contributed by atoms with Crippen molar-refractivity contribution in [2.24, 2.45) is 4.99 Å². The minimum Gasteiger partial charge on any atom is -0.313 e. The number of hydrogen-bond acceptors (Lipinski definition) is 2. The van der Waals surface area contributed by atoms with Crippen molar-refractivity contribution in [1.29, 1.82) is 0 Å². The monoisotopic (exact) mass is 326 g/mol. The standard InChI is InChI=1S/2C11H17N/c1-2-3-9-12-10-11-7-5-4-6-8-11;1-5-9-11(12-8-4)10(6-2)7-3/h4-8,12H,2-3,9-10H2,1H3;5-6,8-9H,2,7H2,1,3-4H3/b;9-5-,11-10-,12-8?. The zero-order valence-corrected chi connectivity index (χ0v) is 15.9. The predicted molar refractivity (Wildman–Crippen MR) is 110 cm³/mol. The van der Waals surface area contributed by atoms with Crippen molar-refractivity contribution in [2.45, 2.75) is 53.5 Å². The van der Waals surface area contributed by atoms with Crippen LogP contribution in [0.3, 0.4) is 0 Å². The van der Waals surface area contributed by atoms with Crippen molar-refractivity contribution in [3.05, 3.63) is 72.0 Å². The van der Waals surface area contributed by atoms with E-state index in [1.807, 2.05) is 32.1 Å². The smallest absolute Gasteiger partial charge is 0.0653 e. The van der Waals surface area contributed by atoms with Crippen LogP contribution in [0.1, 0.15) is 52.5 Å². The van der Waals surface area contributed by atoms with E-state index in [4.69, 9.17) is 0 Å². The quantitative estimate of drug-likeness (QED) is 0.332. The maximum absolute atomic E-state index is 4.25. The van der Waals surface area contributed by atoms with Gasteiger partial charge in [-0.15, -0.1) is 0 Å². The number of nitrogens with zero attached hydrogens (tertiary/aromatic N) is 1. The summed E-state index contributed by atoms with van der Waals surface area (Å²) in [6.45, 7) is 14.1. The molecule has 0 aromatic heterocycles. The molecule has 0 aliphatic carbocycles. The van der Waals surface area contributed by atoms with Gasteiger partial charge in [-0.25, -0.2) is 0 Å². The molecule has 1 N–H and O–H groups in total. The van der Waals surface area contributed by atoms with Crippen LogP contribution in [-0.2, 0) is 6.54 Å². The lowest BCUT2D eigenvalue weighted by Crippen LogP contribution is -2.14. The number of unbranched alkanes of at least 4 members (excludes halogenated alkanes) is 1. The van der Waals surface area contributed by atoms with Crippen LogP contribution in [0.2, 0.25) is 0 Å². The van der Waals surface area contributed by atoms with Gasteiger partial charge in [0.1, 0.15) is 0 Å². The van der Waals surface area contributed by atoms with Gasteiger partial charge >= 0.3 is 0 Å². The highest BCUT2D eigenvalue weighted by atomic mass is 14.8. The topological polar surface area (TPSA) is 24.4 Å². The number of rotatable bonds is 9. The van der Waals surface area contributed by atoms with Crippen molar-refractivity contribution >= 4 is 6.21 Å². The summed E-state index contributed by atoms with van der Waals surface area (Å²) in [6.07, 6.45) is 11.2. The molecule has 132 valence electrons. The molecule has 0 amide bonds. The molecule has 0 heterocycles. The highest BCUT2D eigenvalue weighted by molar-refractivity contribution is 5.57. The first kappa shape index (κ1) is 22.1. The van der Waals surface area contributed by atoms with Gasteiger partial charge in [0, 0.05) is 12.8 Å². The van der Waals surface area contributed by atoms with Crippen LogP contribution in [0.15, 0.2) is 71.4 Å². The Hall–Kier alpha value is -1.93. The van der Waals surface area contributed by atoms with Crippen molar-refractivity contribution < 1.29 is 0 Å². The molecule has 0 spiro atoms. The molecular formula is C22H34N2. The molecule has 24 heavy (non-hydrogen) atoms. The molecule has 1 rings (SSSR count). The molecule has 0 fully saturated rings. The van der Waals surface area contributed by atoms with Gasteiger partial charge < -0.3 is 5.32 Å². The summed E-state index contributed by atoms with van der Waals surface area (Å²) in [4.78, 5) is 4.25. The number of nitrogens with one attached hydrogen (secondary N) is 1. The zero-order valence-electron chi connectivity index (χ0n) is 15.9. The average molecular weight is 327 g/mol. The summed E-state index contributed by atoms with van der Waals surface area (Å²) in [5.41, 5.74) is 3.57. The zero-order chi connectivity index (χ0) is 18.0. The first-order valence-corrected chi connectivity index (χ1v) is 8.94. The van der Waals surface area contributed by atoms with Crippen molar-refractivity contribution in [1.82, 2.24) is 5.32 Å². The van der Waals surface area contributed by atoms with E-state index in [9.17, 15) is 0 Å². The Morgan fingerprint density at radius 3 is 2.38 bits per heavy atom. The Kier molecular flexibility index (Phi) is 14.7. The minimum absolute atomic E-state index is 0.973. The Labute approximate surface area is 149 Å². The molecule has 0 atom stereocenters. The van der Waals surface area contributed by atoms with Gasteiger partial charge in [-0.3, -0.25) is 4.99 Å². The summed E-state index contributed by atoms with van der Waals surface area (Å²) in [5, 5.41) is 3.40. The van der Waals surface area contributed by atoms with Crippen LogP contribution in [0.4, 0.5) is 0 Å². The molecule has 1 aromatic rings. The molecule has 0 aliphatic heterocycles. The summed E-state index contributed by atoms with van der Waals surface area (Å²) in [5.74, 6) is 0. The highest BCUT2D eigenvalue weighted by Gasteiger charge is 1.94. The van der Waals surface area contributed by atoms with Gasteiger partial charge in [0.05, 0.1) is 5.70 Å². The van der Waals surface area contributed by atoms with E-state index in [-0.39, 0.29) is 0 Å². The fraction of sp³-hybridized carbons (Fsp3) is 0.409. The van der Waals surface area contributed by atoms with Crippen LogP contribution in [0.25, 0.3) is 0 Å². The third-order valence-electron chi connectivity index (χ3n) is 3.43. The van der Waals surface area contributed by atoms with Crippen molar-refractivity contribution in [2.75, 3.05) is 6.54 Å². The Morgan fingerprint density at radius 2 is 1.88 bits per heavy atom. The van der Waals surface area contributed by atoms with E-state index in [2.05, 4.69) is 61.1 Å². The minimum atomic E-state index is 0.973. The van der Waals surface area contributed by atoms with Gasteiger partial charge in [0.2, 0.25) is 0 Å². The maximum Gasteiger partial charge on any atom is 0.0653 e. The van der Waals surface area contributed by atoms with Crippen LogP contribution in [0.5, 0.6) is 0 Å². The van der Waals surface area contributed by atoms with Gasteiger partial charge in [0.15, 0.2) is 0 Å². The molecule has 0 bridgehead atoms. The van der Waals surface area contributed by atoms with E-state index in [1.165, 1.54) is 24.0 Å². The second-order valence-corrected chi connectivity index (χ2v) is 5.37. The van der Waals surface area contributed by atoms with Crippen LogP contribution >= 0.6 is 0 Å². The highest BCUT2D eigenvalue weighted by Crippen LogP contribution is 2.12. The fourth-order valence-electron chi connectivity index (χ4n) is 2.09. The number of aliphatic imine (C=N–C) groups is 1. The first-order valence-electron chi connectivity index (χ1n) is 8.94. The molecular weight excluding hydrogens is 292 g/mol. The van der Waals surface area contributed by atoms with Gasteiger partial charge in [-0.1, -0.05) is 69.3 Å². The van der Waals surface area contributed by atoms with Gasteiger partial charge in [-0.2, -0.15) is 0 Å². The lowest BCUT2D eigenvalue weighted by atomic mass is 10.1. The number of allylic oxidation sites excluding steroid dienone is 4. The summed E-state index contributed by atoms with van der Waals surface area (Å²) >= 11 is 0. The average Bonchev–Trinajstić information content (AvgIpc) is 2.62. The van der Waals surface area contributed by atoms with Crippen molar-refractivity contribution in [3.63, 3.8) is 0 Å². The molecule has 0 saturated carbocycles. The maximum atomic E-state index is 4.25. The Morgan fingerprint density at radius 1 is 1.17 bits per heavy atom. The Bertz CT molecular complexity index is 496. The second-order valence-electron chi connectivity index (χ2n) is 5.37. The van der Waals surface area contributed by atoms with Gasteiger partial charge in [0.25, 0.3) is 0 Å². The van der Waals surface area contributed by atoms with Crippen LogP contribution in [0, 0.1) is 0 Å². The van der Waals surface area contributed by atoms with E-state index in [0.717, 1.165) is 25.2 Å². The summed E-state index contributed by atoms with van der Waals surface area (Å²) in [6, 6.07) is 10.5. The first-order chi connectivity index (χ1) is 11.7. The van der Waals surface area contributed by atoms with Crippen molar-refractivity contribution in [3.8, 4) is 0 Å². The summed E-state index contributed by atoms with van der Waals surface area (Å²) < 4.78 is 0. The molecule has 2 heteroatoms. The van der Waals surface area contributed by atoms with Gasteiger partial charge in [-0.05, 0) is 50.4 Å². The third-order valence-corrected chi connectivity index (χ3v) is 3.43. The van der Waals surface area contributed by atoms with E-state index >= 15 is 0 Å². The van der Waals surface area contributed by atoms with Crippen LogP contribution < -0.4 is 5.32 Å². The lowest BCUT2D eigenvalue weighted by Gasteiger charge is -2.02. The second kappa shape index (κ2) is 15.9. The Balaban J connectivity index is 0.000000441. The summed E-state index contributed by atoms with van der Waals surface area (Å²) in [7, 11) is 0. The van der Waals surface area contributed by atoms with E-state index in [0.29, 0.717) is 0 Å². The molecule has 0 aliphatic rings. The fourth-order valence-corrected chi connectivity index (χ4v) is 2.09. The predicted octanol–water partition coefficient (Wildman–Crippen LogP) is 6.08. The molecule has 0 saturated heterocycles. The largest absolute Gasteiger partial charge is 0.313 e. The third kappa shape index (κ3) is 10.7. The molecule has 1 aromatic carbocycles. The SMILES string of the molecule is C=C/C(CC)=C(\C=C/C)N=CC.CCCCNCc1ccccc1. The number of benzene rings is 1. The molecule has 0 radical (unpaired) electrons. The van der Waals surface area contributed by atoms with E-state index < -0.39 is 0 Å². The van der Waals surface area contributed by atoms with E-state index in [1.54, 1.807) is 6.21 Å². The molecule has 0 unspecified atom stereocenters. The lowest BCUT2D eigenvalue weighted by molar-refractivity contribution is 0.641. The molecule has 2 nitrogen and oxygen atoms in total. The number of hydrogen-bond donors (Lipinski definition) is 1. The van der Waals surface area contributed by atoms with Crippen LogP contribution in [-0.4, -0.2) is 12.8 Å².